The van der Waals surface area contributed by atoms with Crippen molar-refractivity contribution >= 4 is 17.7 Å². The molecule has 2 saturated heterocycles. The lowest BCUT2D eigenvalue weighted by molar-refractivity contribution is -0.141. The topological polar surface area (TPSA) is 87.7 Å². The van der Waals surface area contributed by atoms with Crippen molar-refractivity contribution in [3.05, 3.63) is 60.5 Å². The van der Waals surface area contributed by atoms with Crippen LogP contribution in [0.5, 0.6) is 0 Å². The van der Waals surface area contributed by atoms with Gasteiger partial charge in [0.1, 0.15) is 17.5 Å². The minimum atomic E-state index is -1.20. The number of amides is 3. The van der Waals surface area contributed by atoms with Gasteiger partial charge in [0.25, 0.3) is 0 Å². The molecule has 1 aromatic rings. The van der Waals surface area contributed by atoms with Gasteiger partial charge in [-0.25, -0.2) is 4.39 Å². The second kappa shape index (κ2) is 7.85. The number of rotatable bonds is 6. The molecule has 1 spiro atoms. The molecular weight excluding hydrogens is 413 g/mol. The molecule has 0 aromatic heterocycles. The fourth-order valence-electron chi connectivity index (χ4n) is 4.95. The molecule has 3 aliphatic heterocycles. The number of carbonyl (C=O) groups is 3. The van der Waals surface area contributed by atoms with Crippen molar-refractivity contribution < 1.29 is 23.5 Å². The van der Waals surface area contributed by atoms with Gasteiger partial charge in [-0.3, -0.25) is 14.4 Å². The zero-order valence-electron chi connectivity index (χ0n) is 18.4. The van der Waals surface area contributed by atoms with Crippen LogP contribution in [-0.2, 0) is 25.7 Å². The monoisotopic (exact) mass is 441 g/mol. The summed E-state index contributed by atoms with van der Waals surface area (Å²) in [6, 6.07) is 4.94. The Hall–Kier alpha value is -3.00. The number of nitrogens with one attached hydrogen (secondary N) is 2. The van der Waals surface area contributed by atoms with Gasteiger partial charge in [-0.2, -0.15) is 0 Å². The minimum absolute atomic E-state index is 0.172. The summed E-state index contributed by atoms with van der Waals surface area (Å²) in [6.07, 6.45) is 4.50. The molecule has 3 heterocycles. The lowest BCUT2D eigenvalue weighted by atomic mass is 9.74. The van der Waals surface area contributed by atoms with E-state index in [1.807, 2.05) is 20.8 Å². The highest BCUT2D eigenvalue weighted by atomic mass is 19.1. The summed E-state index contributed by atoms with van der Waals surface area (Å²) in [5.41, 5.74) is -0.957. The first-order valence-corrected chi connectivity index (χ1v) is 10.7. The van der Waals surface area contributed by atoms with E-state index < -0.39 is 35.1 Å². The Labute approximate surface area is 186 Å². The molecule has 3 amide bonds. The van der Waals surface area contributed by atoms with Crippen LogP contribution in [0.15, 0.2) is 49.1 Å². The maximum absolute atomic E-state index is 13.4. The first kappa shape index (κ1) is 22.2. The van der Waals surface area contributed by atoms with Crippen LogP contribution in [0.4, 0.5) is 4.39 Å². The standard InChI is InChI=1S/C24H28FN3O4/c1-5-12-28-19(21(30)27-23(2,3)4)24-11-10-16(32-24)17(18(24)22(28)31)20(29)26-13-14-6-8-15(25)9-7-14/h5-11,16-19H,1,12-13H2,2-4H3,(H,26,29)(H,27,30)/t16-,17-,18+,19-,24+/m1/s1. The van der Waals surface area contributed by atoms with E-state index in [1.165, 1.54) is 17.0 Å². The normalized spacial score (nSPS) is 30.4. The summed E-state index contributed by atoms with van der Waals surface area (Å²) in [4.78, 5) is 41.3. The Balaban J connectivity index is 1.60. The molecule has 32 heavy (non-hydrogen) atoms. The van der Waals surface area contributed by atoms with E-state index in [0.717, 1.165) is 5.56 Å². The first-order chi connectivity index (χ1) is 15.1. The molecule has 0 radical (unpaired) electrons. The maximum atomic E-state index is 13.4. The third-order valence-electron chi connectivity index (χ3n) is 6.13. The summed E-state index contributed by atoms with van der Waals surface area (Å²) in [5, 5.41) is 5.78. The average molecular weight is 442 g/mol. The number of hydrogen-bond acceptors (Lipinski definition) is 4. The summed E-state index contributed by atoms with van der Waals surface area (Å²) in [6.45, 7) is 9.68. The number of carbonyl (C=O) groups excluding carboxylic acids is 3. The molecule has 5 atom stereocenters. The SMILES string of the molecule is C=CCN1C(=O)[C@@H]2[C@H](C(=O)NCc3ccc(F)cc3)[C@H]3C=C[C@@]2(O3)[C@H]1C(=O)NC(C)(C)C. The number of ether oxygens (including phenoxy) is 1. The fourth-order valence-corrected chi connectivity index (χ4v) is 4.95. The smallest absolute Gasteiger partial charge is 0.246 e. The third kappa shape index (κ3) is 3.62. The van der Waals surface area contributed by atoms with Crippen LogP contribution in [0, 0.1) is 17.7 Å². The second-order valence-electron chi connectivity index (χ2n) is 9.56. The molecule has 0 unspecified atom stereocenters. The summed E-state index contributed by atoms with van der Waals surface area (Å²) < 4.78 is 19.3. The maximum Gasteiger partial charge on any atom is 0.246 e. The molecule has 0 saturated carbocycles. The molecule has 0 aliphatic carbocycles. The van der Waals surface area contributed by atoms with Gasteiger partial charge in [0.15, 0.2) is 0 Å². The van der Waals surface area contributed by atoms with Crippen LogP contribution in [0.25, 0.3) is 0 Å². The number of nitrogens with zero attached hydrogens (tertiary/aromatic N) is 1. The number of benzene rings is 1. The van der Waals surface area contributed by atoms with Crippen molar-refractivity contribution in [3.63, 3.8) is 0 Å². The van der Waals surface area contributed by atoms with E-state index in [0.29, 0.717) is 0 Å². The Kier molecular flexibility index (Phi) is 5.45. The molecule has 1 aromatic carbocycles. The van der Waals surface area contributed by atoms with Gasteiger partial charge in [0.2, 0.25) is 17.7 Å². The lowest BCUT2D eigenvalue weighted by Gasteiger charge is -2.34. The molecule has 4 rings (SSSR count). The molecule has 2 bridgehead atoms. The van der Waals surface area contributed by atoms with Gasteiger partial charge in [0, 0.05) is 18.6 Å². The molecule has 8 heteroatoms. The Bertz CT molecular complexity index is 984. The van der Waals surface area contributed by atoms with Crippen molar-refractivity contribution in [2.24, 2.45) is 11.8 Å². The quantitative estimate of drug-likeness (QED) is 0.658. The lowest BCUT2D eigenvalue weighted by Crippen LogP contribution is -2.57. The van der Waals surface area contributed by atoms with Gasteiger partial charge in [-0.1, -0.05) is 30.4 Å². The minimum Gasteiger partial charge on any atom is -0.359 e. The van der Waals surface area contributed by atoms with Gasteiger partial charge in [0.05, 0.1) is 17.9 Å². The van der Waals surface area contributed by atoms with Crippen molar-refractivity contribution in [3.8, 4) is 0 Å². The molecule has 170 valence electrons. The summed E-state index contributed by atoms with van der Waals surface area (Å²) in [7, 11) is 0. The number of hydrogen-bond donors (Lipinski definition) is 2. The third-order valence-corrected chi connectivity index (χ3v) is 6.13. The molecule has 2 N–H and O–H groups in total. The molecule has 3 aliphatic rings. The number of halogens is 1. The highest BCUT2D eigenvalue weighted by molar-refractivity contribution is 6.00. The van der Waals surface area contributed by atoms with E-state index in [9.17, 15) is 18.8 Å². The van der Waals surface area contributed by atoms with E-state index in [1.54, 1.807) is 30.4 Å². The average Bonchev–Trinajstić information content (AvgIpc) is 3.34. The predicted octanol–water partition coefficient (Wildman–Crippen LogP) is 1.69. The van der Waals surface area contributed by atoms with Crippen molar-refractivity contribution in [2.75, 3.05) is 6.54 Å². The van der Waals surface area contributed by atoms with Crippen LogP contribution in [0.3, 0.4) is 0 Å². The zero-order chi connectivity index (χ0) is 23.3. The highest BCUT2D eigenvalue weighted by Crippen LogP contribution is 2.55. The van der Waals surface area contributed by atoms with Gasteiger partial charge < -0.3 is 20.3 Å². The highest BCUT2D eigenvalue weighted by Gasteiger charge is 2.72. The Morgan fingerprint density at radius 2 is 1.94 bits per heavy atom. The van der Waals surface area contributed by atoms with Crippen molar-refractivity contribution in [1.29, 1.82) is 0 Å². The summed E-state index contributed by atoms with van der Waals surface area (Å²) in [5.74, 6) is -2.87. The van der Waals surface area contributed by atoms with Crippen LogP contribution in [-0.4, -0.2) is 52.5 Å². The van der Waals surface area contributed by atoms with E-state index in [4.69, 9.17) is 4.74 Å². The van der Waals surface area contributed by atoms with Crippen LogP contribution >= 0.6 is 0 Å². The first-order valence-electron chi connectivity index (χ1n) is 10.7. The van der Waals surface area contributed by atoms with Crippen molar-refractivity contribution in [2.45, 2.75) is 50.6 Å². The van der Waals surface area contributed by atoms with Gasteiger partial charge in [-0.05, 0) is 38.5 Å². The van der Waals surface area contributed by atoms with E-state index in [2.05, 4.69) is 17.2 Å². The van der Waals surface area contributed by atoms with Crippen LogP contribution in [0.2, 0.25) is 0 Å². The fraction of sp³-hybridized carbons (Fsp3) is 0.458. The van der Waals surface area contributed by atoms with Gasteiger partial charge >= 0.3 is 0 Å². The second-order valence-corrected chi connectivity index (χ2v) is 9.56. The summed E-state index contributed by atoms with van der Waals surface area (Å²) >= 11 is 0. The van der Waals surface area contributed by atoms with E-state index in [-0.39, 0.29) is 36.6 Å². The van der Waals surface area contributed by atoms with Crippen LogP contribution < -0.4 is 10.6 Å². The van der Waals surface area contributed by atoms with E-state index >= 15 is 0 Å². The van der Waals surface area contributed by atoms with Crippen LogP contribution in [0.1, 0.15) is 26.3 Å². The Morgan fingerprint density at radius 3 is 2.56 bits per heavy atom. The number of fused-ring (bicyclic) bond motifs is 1. The zero-order valence-corrected chi connectivity index (χ0v) is 18.4. The predicted molar refractivity (Wildman–Crippen MR) is 116 cm³/mol. The number of likely N-dealkylation sites (tertiary alicyclic amines) is 1. The van der Waals surface area contributed by atoms with Gasteiger partial charge in [-0.15, -0.1) is 6.58 Å². The van der Waals surface area contributed by atoms with Crippen molar-refractivity contribution in [1.82, 2.24) is 15.5 Å². The Morgan fingerprint density at radius 1 is 1.25 bits per heavy atom. The molecule has 2 fully saturated rings. The molecular formula is C24H28FN3O4. The largest absolute Gasteiger partial charge is 0.359 e. The molecule has 7 nitrogen and oxygen atoms in total.